The summed E-state index contributed by atoms with van der Waals surface area (Å²) in [5, 5.41) is 3.98. The van der Waals surface area contributed by atoms with E-state index in [-0.39, 0.29) is 5.91 Å². The van der Waals surface area contributed by atoms with Gasteiger partial charge in [0.1, 0.15) is 16.4 Å². The average Bonchev–Trinajstić information content (AvgIpc) is 2.53. The van der Waals surface area contributed by atoms with Crippen molar-refractivity contribution in [3.63, 3.8) is 0 Å². The van der Waals surface area contributed by atoms with E-state index in [0.717, 1.165) is 11.3 Å². The van der Waals surface area contributed by atoms with Gasteiger partial charge in [-0.1, -0.05) is 6.08 Å². The first-order valence-corrected chi connectivity index (χ1v) is 8.24. The molecule has 0 aliphatic carbocycles. The van der Waals surface area contributed by atoms with Crippen LogP contribution in [0.3, 0.4) is 0 Å². The van der Waals surface area contributed by atoms with Gasteiger partial charge in [0.2, 0.25) is 5.91 Å². The Labute approximate surface area is 131 Å². The van der Waals surface area contributed by atoms with Crippen LogP contribution in [0.15, 0.2) is 28.2 Å². The Bertz CT molecular complexity index is 643. The van der Waals surface area contributed by atoms with Gasteiger partial charge in [0, 0.05) is 19.1 Å². The normalized spacial score (nSPS) is 16.1. The maximum Gasteiger partial charge on any atom is 0.240 e. The van der Waals surface area contributed by atoms with Crippen LogP contribution >= 0.6 is 0 Å². The number of ether oxygens (including phenoxy) is 2. The SMILES string of the molecule is COc1cc(C=CC2=NNC(=O)CC2)cc(OC)c1S(C)=O. The Balaban J connectivity index is 2.32. The molecule has 0 aromatic heterocycles. The van der Waals surface area contributed by atoms with E-state index in [1.807, 2.05) is 12.2 Å². The molecule has 1 unspecified atom stereocenters. The molecule has 2 rings (SSSR count). The van der Waals surface area contributed by atoms with Crippen molar-refractivity contribution >= 4 is 28.5 Å². The summed E-state index contributed by atoms with van der Waals surface area (Å²) in [6.45, 7) is 0. The van der Waals surface area contributed by atoms with E-state index in [1.165, 1.54) is 14.2 Å². The van der Waals surface area contributed by atoms with Gasteiger partial charge in [0.05, 0.1) is 30.7 Å². The predicted octanol–water partition coefficient (Wildman–Crippen LogP) is 1.72. The molecule has 1 aliphatic rings. The lowest BCUT2D eigenvalue weighted by Gasteiger charge is -2.12. The van der Waals surface area contributed by atoms with Crippen LogP contribution in [-0.2, 0) is 15.6 Å². The molecular weight excluding hydrogens is 304 g/mol. The zero-order valence-electron chi connectivity index (χ0n) is 12.7. The lowest BCUT2D eigenvalue weighted by Crippen LogP contribution is -2.24. The summed E-state index contributed by atoms with van der Waals surface area (Å²) in [5.74, 6) is 0.952. The van der Waals surface area contributed by atoms with Gasteiger partial charge in [-0.25, -0.2) is 5.43 Å². The third kappa shape index (κ3) is 3.73. The molecule has 1 aromatic rings. The van der Waals surface area contributed by atoms with E-state index in [4.69, 9.17) is 9.47 Å². The number of methoxy groups -OCH3 is 2. The van der Waals surface area contributed by atoms with Crippen molar-refractivity contribution in [1.29, 1.82) is 0 Å². The minimum atomic E-state index is -1.22. The van der Waals surface area contributed by atoms with E-state index in [2.05, 4.69) is 10.5 Å². The Morgan fingerprint density at radius 3 is 2.27 bits per heavy atom. The van der Waals surface area contributed by atoms with E-state index in [9.17, 15) is 9.00 Å². The fourth-order valence-corrected chi connectivity index (χ4v) is 2.93. The molecule has 0 fully saturated rings. The van der Waals surface area contributed by atoms with Crippen LogP contribution in [0, 0.1) is 0 Å². The van der Waals surface area contributed by atoms with Crippen molar-refractivity contribution < 1.29 is 18.5 Å². The number of hydrogen-bond donors (Lipinski definition) is 1. The summed E-state index contributed by atoms with van der Waals surface area (Å²) in [4.78, 5) is 11.6. The summed E-state index contributed by atoms with van der Waals surface area (Å²) < 4.78 is 22.4. The topological polar surface area (TPSA) is 77.0 Å². The minimum absolute atomic E-state index is 0.0738. The number of benzene rings is 1. The summed E-state index contributed by atoms with van der Waals surface area (Å²) in [6, 6.07) is 3.58. The molecule has 1 aromatic carbocycles. The second-order valence-electron chi connectivity index (χ2n) is 4.68. The molecule has 1 amide bonds. The number of carbonyl (C=O) groups is 1. The van der Waals surface area contributed by atoms with Gasteiger partial charge in [0.25, 0.3) is 0 Å². The molecular formula is C15H18N2O4S. The van der Waals surface area contributed by atoms with Crippen molar-refractivity contribution in [3.05, 3.63) is 23.8 Å². The molecule has 0 bridgehead atoms. The largest absolute Gasteiger partial charge is 0.495 e. The summed E-state index contributed by atoms with van der Waals surface area (Å²) in [7, 11) is 1.84. The minimum Gasteiger partial charge on any atom is -0.495 e. The zero-order chi connectivity index (χ0) is 16.1. The highest BCUT2D eigenvalue weighted by atomic mass is 32.2. The standard InChI is InChI=1S/C15H18N2O4S/c1-20-12-8-10(9-13(21-2)15(12)22(3)19)4-5-11-6-7-14(18)17-16-11/h4-5,8-9H,6-7H2,1-3H3,(H,17,18). The van der Waals surface area contributed by atoms with E-state index < -0.39 is 10.8 Å². The van der Waals surface area contributed by atoms with Crippen LogP contribution in [0.2, 0.25) is 0 Å². The van der Waals surface area contributed by atoms with Crippen LogP contribution in [0.5, 0.6) is 11.5 Å². The molecule has 6 nitrogen and oxygen atoms in total. The first-order valence-electron chi connectivity index (χ1n) is 6.68. The highest BCUT2D eigenvalue weighted by Gasteiger charge is 2.15. The van der Waals surface area contributed by atoms with Crippen LogP contribution in [0.1, 0.15) is 18.4 Å². The van der Waals surface area contributed by atoms with E-state index in [0.29, 0.717) is 29.2 Å². The molecule has 1 heterocycles. The molecule has 0 radical (unpaired) electrons. The number of carbonyl (C=O) groups excluding carboxylic acids is 1. The molecule has 22 heavy (non-hydrogen) atoms. The third-order valence-electron chi connectivity index (χ3n) is 3.17. The van der Waals surface area contributed by atoms with Crippen LogP contribution in [0.4, 0.5) is 0 Å². The van der Waals surface area contributed by atoms with Crippen molar-refractivity contribution in [1.82, 2.24) is 5.43 Å². The summed E-state index contributed by atoms with van der Waals surface area (Å²) >= 11 is 0. The molecule has 1 atom stereocenters. The maximum atomic E-state index is 11.8. The highest BCUT2D eigenvalue weighted by molar-refractivity contribution is 7.84. The smallest absolute Gasteiger partial charge is 0.240 e. The van der Waals surface area contributed by atoms with E-state index in [1.54, 1.807) is 18.4 Å². The quantitative estimate of drug-likeness (QED) is 0.895. The zero-order valence-corrected chi connectivity index (χ0v) is 13.5. The van der Waals surface area contributed by atoms with Crippen LogP contribution in [0.25, 0.3) is 6.08 Å². The summed E-state index contributed by atoms with van der Waals surface area (Å²) in [6.07, 6.45) is 6.30. The number of allylic oxidation sites excluding steroid dienone is 1. The predicted molar refractivity (Wildman–Crippen MR) is 85.7 cm³/mol. The Morgan fingerprint density at radius 2 is 1.82 bits per heavy atom. The van der Waals surface area contributed by atoms with Crippen molar-refractivity contribution in [2.45, 2.75) is 17.7 Å². The van der Waals surface area contributed by atoms with Gasteiger partial charge < -0.3 is 9.47 Å². The lowest BCUT2D eigenvalue weighted by molar-refractivity contribution is -0.121. The second-order valence-corrected chi connectivity index (χ2v) is 6.00. The first kappa shape index (κ1) is 16.2. The molecule has 0 spiro atoms. The van der Waals surface area contributed by atoms with Crippen LogP contribution in [-0.4, -0.2) is 36.3 Å². The van der Waals surface area contributed by atoms with Gasteiger partial charge in [-0.2, -0.15) is 5.10 Å². The van der Waals surface area contributed by atoms with Gasteiger partial charge in [-0.15, -0.1) is 0 Å². The fraction of sp³-hybridized carbons (Fsp3) is 0.333. The van der Waals surface area contributed by atoms with Crippen LogP contribution < -0.4 is 14.9 Å². The van der Waals surface area contributed by atoms with Crippen molar-refractivity contribution in [2.24, 2.45) is 5.10 Å². The van der Waals surface area contributed by atoms with Gasteiger partial charge in [0.15, 0.2) is 0 Å². The molecule has 0 saturated carbocycles. The number of rotatable bonds is 5. The Kier molecular flexibility index (Phi) is 5.32. The van der Waals surface area contributed by atoms with Gasteiger partial charge in [-0.05, 0) is 23.8 Å². The number of hydrazone groups is 1. The highest BCUT2D eigenvalue weighted by Crippen LogP contribution is 2.33. The fourth-order valence-electron chi connectivity index (χ4n) is 2.08. The Hall–Kier alpha value is -2.15. The lowest BCUT2D eigenvalue weighted by atomic mass is 10.1. The number of hydrogen-bond acceptors (Lipinski definition) is 5. The maximum absolute atomic E-state index is 11.8. The molecule has 118 valence electrons. The van der Waals surface area contributed by atoms with Gasteiger partial charge >= 0.3 is 0 Å². The number of amides is 1. The Morgan fingerprint density at radius 1 is 1.18 bits per heavy atom. The first-order chi connectivity index (χ1) is 10.5. The number of nitrogens with one attached hydrogen (secondary N) is 1. The molecule has 7 heteroatoms. The summed E-state index contributed by atoms with van der Waals surface area (Å²) in [5.41, 5.74) is 4.07. The molecule has 1 N–H and O–H groups in total. The van der Waals surface area contributed by atoms with Crippen molar-refractivity contribution in [2.75, 3.05) is 20.5 Å². The second kappa shape index (κ2) is 7.22. The third-order valence-corrected chi connectivity index (χ3v) is 4.15. The molecule has 1 aliphatic heterocycles. The molecule has 0 saturated heterocycles. The average molecular weight is 322 g/mol. The van der Waals surface area contributed by atoms with Crippen molar-refractivity contribution in [3.8, 4) is 11.5 Å². The monoisotopic (exact) mass is 322 g/mol. The van der Waals surface area contributed by atoms with E-state index >= 15 is 0 Å². The van der Waals surface area contributed by atoms with Gasteiger partial charge in [-0.3, -0.25) is 9.00 Å². The number of nitrogens with zero attached hydrogens (tertiary/aromatic N) is 1.